The number of β-amino-alcohol motifs (C(OH)–C–C–N with tert-alkyl or cyclic N) is 1. The smallest absolute Gasteiger partial charge is 0.388 e. The van der Waals surface area contributed by atoms with Crippen molar-refractivity contribution in [1.82, 2.24) is 9.80 Å². The lowest BCUT2D eigenvalue weighted by atomic mass is 9.93. The van der Waals surface area contributed by atoms with Gasteiger partial charge in [0.25, 0.3) is 5.91 Å². The van der Waals surface area contributed by atoms with Gasteiger partial charge in [0.1, 0.15) is 5.82 Å². The molecule has 1 heterocycles. The molecule has 0 aliphatic carbocycles. The second-order valence-electron chi connectivity index (χ2n) is 7.59. The Labute approximate surface area is 150 Å². The number of hydrogen-bond donors (Lipinski definition) is 1. The lowest BCUT2D eigenvalue weighted by Crippen LogP contribution is -2.63. The van der Waals surface area contributed by atoms with E-state index in [0.717, 1.165) is 6.07 Å². The van der Waals surface area contributed by atoms with E-state index in [2.05, 4.69) is 0 Å². The summed E-state index contributed by atoms with van der Waals surface area (Å²) in [5.41, 5.74) is -2.40. The maximum atomic E-state index is 13.4. The lowest BCUT2D eigenvalue weighted by molar-refractivity contribution is -0.140. The number of amides is 1. The zero-order valence-corrected chi connectivity index (χ0v) is 15.3. The summed E-state index contributed by atoms with van der Waals surface area (Å²) in [7, 11) is 1.53. The van der Waals surface area contributed by atoms with Gasteiger partial charge in [0.05, 0.1) is 11.2 Å². The molecule has 1 aliphatic heterocycles. The molecular weight excluding hydrogens is 352 g/mol. The van der Waals surface area contributed by atoms with E-state index in [-0.39, 0.29) is 17.5 Å². The van der Waals surface area contributed by atoms with Crippen LogP contribution >= 0.6 is 0 Å². The normalized spacial score (nSPS) is 18.5. The van der Waals surface area contributed by atoms with Crippen molar-refractivity contribution in [2.75, 3.05) is 26.7 Å². The van der Waals surface area contributed by atoms with Crippen molar-refractivity contribution in [3.8, 4) is 0 Å². The van der Waals surface area contributed by atoms with Gasteiger partial charge in [-0.2, -0.15) is 13.2 Å². The van der Waals surface area contributed by atoms with Gasteiger partial charge < -0.3 is 10.0 Å². The maximum Gasteiger partial charge on any atom is 0.419 e. The van der Waals surface area contributed by atoms with Gasteiger partial charge in [-0.3, -0.25) is 9.69 Å². The Balaban J connectivity index is 2.18. The topological polar surface area (TPSA) is 43.8 Å². The van der Waals surface area contributed by atoms with E-state index in [1.807, 2.05) is 18.7 Å². The monoisotopic (exact) mass is 376 g/mol. The minimum atomic E-state index is -4.86. The Hall–Kier alpha value is -1.67. The van der Waals surface area contributed by atoms with Gasteiger partial charge in [-0.15, -0.1) is 0 Å². The third kappa shape index (κ3) is 4.54. The lowest BCUT2D eigenvalue weighted by Gasteiger charge is -2.47. The summed E-state index contributed by atoms with van der Waals surface area (Å²) in [5.74, 6) is -1.95. The van der Waals surface area contributed by atoms with Gasteiger partial charge in [-0.1, -0.05) is 13.8 Å². The molecule has 1 aliphatic rings. The third-order valence-corrected chi connectivity index (χ3v) is 4.68. The zero-order valence-electron chi connectivity index (χ0n) is 15.3. The highest BCUT2D eigenvalue weighted by Gasteiger charge is 2.39. The largest absolute Gasteiger partial charge is 0.419 e. The summed E-state index contributed by atoms with van der Waals surface area (Å²) in [6, 6.07) is 2.04. The molecule has 1 amide bonds. The van der Waals surface area contributed by atoms with Gasteiger partial charge in [-0.25, -0.2) is 4.39 Å². The van der Waals surface area contributed by atoms with Crippen molar-refractivity contribution in [3.05, 3.63) is 35.1 Å². The number of hydrogen-bond acceptors (Lipinski definition) is 3. The Bertz CT molecular complexity index is 666. The first-order valence-corrected chi connectivity index (χ1v) is 8.40. The highest BCUT2D eigenvalue weighted by atomic mass is 19.4. The molecule has 1 aromatic carbocycles. The van der Waals surface area contributed by atoms with Crippen LogP contribution in [-0.4, -0.2) is 59.1 Å². The molecular formula is C18H24F4N2O2. The van der Waals surface area contributed by atoms with Crippen molar-refractivity contribution in [2.24, 2.45) is 5.92 Å². The predicted molar refractivity (Wildman–Crippen MR) is 89.2 cm³/mol. The van der Waals surface area contributed by atoms with Gasteiger partial charge in [-0.05, 0) is 31.0 Å². The molecule has 1 N–H and O–H groups in total. The minimum absolute atomic E-state index is 0.0528. The van der Waals surface area contributed by atoms with Gasteiger partial charge in [0.15, 0.2) is 0 Å². The van der Waals surface area contributed by atoms with Crippen LogP contribution in [0.5, 0.6) is 0 Å². The number of nitrogens with zero attached hydrogens (tertiary/aromatic N) is 2. The number of likely N-dealkylation sites (tertiary alicyclic amines) is 1. The molecule has 0 bridgehead atoms. The predicted octanol–water partition coefficient (Wildman–Crippen LogP) is 3.01. The van der Waals surface area contributed by atoms with Crippen LogP contribution < -0.4 is 0 Å². The van der Waals surface area contributed by atoms with E-state index in [9.17, 15) is 27.5 Å². The number of benzene rings is 1. The SMILES string of the molecule is CC(C)C(CN1CC(C)(O)C1)N(C)C(=O)c1ccc(F)c(C(F)(F)F)c1. The molecule has 1 atom stereocenters. The number of carbonyl (C=O) groups excluding carboxylic acids is 1. The van der Waals surface area contributed by atoms with Crippen LogP contribution in [0.4, 0.5) is 17.6 Å². The highest BCUT2D eigenvalue weighted by Crippen LogP contribution is 2.32. The summed E-state index contributed by atoms with van der Waals surface area (Å²) in [6.07, 6.45) is -4.86. The molecule has 1 saturated heterocycles. The minimum Gasteiger partial charge on any atom is -0.388 e. The molecule has 1 unspecified atom stereocenters. The van der Waals surface area contributed by atoms with E-state index in [1.54, 1.807) is 6.92 Å². The standard InChI is InChI=1S/C18H24F4N2O2/c1-11(2)15(8-24-9-17(3,26)10-24)23(4)16(25)12-5-6-14(19)13(7-12)18(20,21)22/h5-7,11,15,26H,8-10H2,1-4H3. The average molecular weight is 376 g/mol. The second-order valence-corrected chi connectivity index (χ2v) is 7.59. The zero-order chi connectivity index (χ0) is 19.9. The van der Waals surface area contributed by atoms with Gasteiger partial charge in [0.2, 0.25) is 0 Å². The van der Waals surface area contributed by atoms with Crippen LogP contribution in [0.25, 0.3) is 0 Å². The molecule has 26 heavy (non-hydrogen) atoms. The summed E-state index contributed by atoms with van der Waals surface area (Å²) in [5, 5.41) is 9.83. The third-order valence-electron chi connectivity index (χ3n) is 4.68. The van der Waals surface area contributed by atoms with Crippen molar-refractivity contribution < 1.29 is 27.5 Å². The quantitative estimate of drug-likeness (QED) is 0.804. The number of alkyl halides is 3. The fourth-order valence-corrected chi connectivity index (χ4v) is 3.32. The van der Waals surface area contributed by atoms with Crippen LogP contribution in [0.2, 0.25) is 0 Å². The highest BCUT2D eigenvalue weighted by molar-refractivity contribution is 5.94. The first-order chi connectivity index (χ1) is 11.8. The van der Waals surface area contributed by atoms with Crippen LogP contribution in [0.3, 0.4) is 0 Å². The number of rotatable bonds is 5. The van der Waals surface area contributed by atoms with E-state index in [1.165, 1.54) is 11.9 Å². The van der Waals surface area contributed by atoms with Crippen molar-refractivity contribution in [1.29, 1.82) is 0 Å². The van der Waals surface area contributed by atoms with Crippen LogP contribution in [0, 0.1) is 11.7 Å². The maximum absolute atomic E-state index is 13.4. The molecule has 1 aromatic rings. The molecule has 146 valence electrons. The molecule has 0 aromatic heterocycles. The van der Waals surface area contributed by atoms with E-state index < -0.39 is 29.1 Å². The number of likely N-dealkylation sites (N-methyl/N-ethyl adjacent to an activating group) is 1. The van der Waals surface area contributed by atoms with E-state index in [0.29, 0.717) is 31.8 Å². The van der Waals surface area contributed by atoms with Crippen LogP contribution in [0.1, 0.15) is 36.7 Å². The van der Waals surface area contributed by atoms with Crippen molar-refractivity contribution in [2.45, 2.75) is 38.6 Å². The average Bonchev–Trinajstić information content (AvgIpc) is 2.48. The molecule has 0 radical (unpaired) electrons. The summed E-state index contributed by atoms with van der Waals surface area (Å²) in [6.45, 7) is 7.01. The van der Waals surface area contributed by atoms with Gasteiger partial charge in [0, 0.05) is 38.3 Å². The van der Waals surface area contributed by atoms with Crippen molar-refractivity contribution in [3.63, 3.8) is 0 Å². The Kier molecular flexibility index (Phi) is 5.68. The summed E-state index contributed by atoms with van der Waals surface area (Å²) < 4.78 is 52.1. The molecule has 0 spiro atoms. The molecule has 1 fully saturated rings. The molecule has 0 saturated carbocycles. The summed E-state index contributed by atoms with van der Waals surface area (Å²) in [4.78, 5) is 16.0. The van der Waals surface area contributed by atoms with E-state index >= 15 is 0 Å². The van der Waals surface area contributed by atoms with Crippen LogP contribution in [0.15, 0.2) is 18.2 Å². The number of aliphatic hydroxyl groups is 1. The Morgan fingerprint density at radius 2 is 1.92 bits per heavy atom. The molecule has 8 heteroatoms. The fourth-order valence-electron chi connectivity index (χ4n) is 3.32. The second kappa shape index (κ2) is 7.15. The van der Waals surface area contributed by atoms with E-state index in [4.69, 9.17) is 0 Å². The first kappa shape index (κ1) is 20.6. The Morgan fingerprint density at radius 1 is 1.35 bits per heavy atom. The number of carbonyl (C=O) groups is 1. The Morgan fingerprint density at radius 3 is 2.38 bits per heavy atom. The molecule has 2 rings (SSSR count). The first-order valence-electron chi connectivity index (χ1n) is 8.40. The fraction of sp³-hybridized carbons (Fsp3) is 0.611. The van der Waals surface area contributed by atoms with Crippen LogP contribution in [-0.2, 0) is 6.18 Å². The summed E-state index contributed by atoms with van der Waals surface area (Å²) >= 11 is 0. The van der Waals surface area contributed by atoms with Gasteiger partial charge >= 0.3 is 6.18 Å². The molecule has 4 nitrogen and oxygen atoms in total. The van der Waals surface area contributed by atoms with Crippen molar-refractivity contribution >= 4 is 5.91 Å². The number of halogens is 4.